The van der Waals surface area contributed by atoms with E-state index in [2.05, 4.69) is 27.1 Å². The van der Waals surface area contributed by atoms with Gasteiger partial charge < -0.3 is 20.9 Å². The maximum Gasteiger partial charge on any atom is 0.244 e. The zero-order chi connectivity index (χ0) is 22.3. The summed E-state index contributed by atoms with van der Waals surface area (Å²) in [4.78, 5) is 23.9. The molecule has 2 heterocycles. The molecule has 1 unspecified atom stereocenters. The minimum Gasteiger partial charge on any atom is -0.375 e. The first-order chi connectivity index (χ1) is 15.6. The molecule has 2 aromatic heterocycles. The number of nitrogens with one attached hydrogen (secondary N) is 2. The Morgan fingerprint density at radius 2 is 2.16 bits per heavy atom. The molecule has 1 atom stereocenters. The van der Waals surface area contributed by atoms with Crippen molar-refractivity contribution in [3.8, 4) is 0 Å². The van der Waals surface area contributed by atoms with Crippen molar-refractivity contribution in [3.05, 3.63) is 40.7 Å². The number of aromatic amines is 1. The van der Waals surface area contributed by atoms with Crippen LogP contribution < -0.4 is 11.1 Å². The van der Waals surface area contributed by atoms with Gasteiger partial charge in [-0.2, -0.15) is 0 Å². The first kappa shape index (κ1) is 23.1. The monoisotopic (exact) mass is 455 g/mol. The zero-order valence-electron chi connectivity index (χ0n) is 19.2. The van der Waals surface area contributed by atoms with E-state index in [0.29, 0.717) is 12.1 Å². The van der Waals surface area contributed by atoms with Crippen LogP contribution in [-0.2, 0) is 17.6 Å². The fourth-order valence-corrected chi connectivity index (χ4v) is 6.21. The van der Waals surface area contributed by atoms with Crippen LogP contribution in [-0.4, -0.2) is 45.9 Å². The van der Waals surface area contributed by atoms with Crippen LogP contribution in [0.1, 0.15) is 68.1 Å². The Hall–Kier alpha value is -2.12. The lowest BCUT2D eigenvalue weighted by Gasteiger charge is -2.36. The quantitative estimate of drug-likeness (QED) is 0.489. The molecule has 4 N–H and O–H groups in total. The van der Waals surface area contributed by atoms with Crippen molar-refractivity contribution in [3.63, 3.8) is 0 Å². The van der Waals surface area contributed by atoms with Gasteiger partial charge in [-0.1, -0.05) is 6.92 Å². The average Bonchev–Trinajstić information content (AvgIpc) is 3.44. The van der Waals surface area contributed by atoms with Gasteiger partial charge in [0.2, 0.25) is 5.91 Å². The summed E-state index contributed by atoms with van der Waals surface area (Å²) in [6.45, 7) is 4.64. The van der Waals surface area contributed by atoms with Crippen LogP contribution in [0.3, 0.4) is 0 Å². The average molecular weight is 456 g/mol. The van der Waals surface area contributed by atoms with E-state index in [1.165, 1.54) is 55.8 Å². The molecule has 1 fully saturated rings. The van der Waals surface area contributed by atoms with E-state index in [1.54, 1.807) is 17.4 Å². The molecule has 32 heavy (non-hydrogen) atoms. The number of aromatic nitrogens is 2. The van der Waals surface area contributed by atoms with Crippen molar-refractivity contribution in [1.82, 2.24) is 20.2 Å². The van der Waals surface area contributed by atoms with Crippen LogP contribution in [0, 0.1) is 5.92 Å². The Labute approximate surface area is 195 Å². The molecule has 0 spiro atoms. The molecule has 0 bridgehead atoms. The molecule has 6 nitrogen and oxygen atoms in total. The fourth-order valence-electron chi connectivity index (χ4n) is 5.26. The van der Waals surface area contributed by atoms with Crippen LogP contribution in [0.2, 0.25) is 0 Å². The largest absolute Gasteiger partial charge is 0.375 e. The van der Waals surface area contributed by atoms with Gasteiger partial charge in [0, 0.05) is 34.9 Å². The molecule has 174 valence electrons. The van der Waals surface area contributed by atoms with Gasteiger partial charge in [-0.15, -0.1) is 11.3 Å². The summed E-state index contributed by atoms with van der Waals surface area (Å²) in [6.07, 6.45) is 15.8. The second-order valence-electron chi connectivity index (χ2n) is 9.33. The predicted octanol–water partition coefficient (Wildman–Crippen LogP) is 4.40. The van der Waals surface area contributed by atoms with E-state index in [9.17, 15) is 4.79 Å². The van der Waals surface area contributed by atoms with Gasteiger partial charge >= 0.3 is 0 Å². The van der Waals surface area contributed by atoms with E-state index in [1.807, 2.05) is 24.4 Å². The van der Waals surface area contributed by atoms with Crippen molar-refractivity contribution in [2.45, 2.75) is 76.8 Å². The number of nitrogen functional groups attached to an aromatic ring is 1. The summed E-state index contributed by atoms with van der Waals surface area (Å²) in [5.41, 5.74) is 8.13. The zero-order valence-corrected chi connectivity index (χ0v) is 20.0. The molecule has 2 aliphatic carbocycles. The topological polar surface area (TPSA) is 87.0 Å². The lowest BCUT2D eigenvalue weighted by molar-refractivity contribution is -0.117. The Kier molecular flexibility index (Phi) is 8.03. The number of fused-ring (bicyclic) bond motifs is 1. The second-order valence-corrected chi connectivity index (χ2v) is 10.4. The van der Waals surface area contributed by atoms with E-state index in [4.69, 9.17) is 5.73 Å². The van der Waals surface area contributed by atoms with Gasteiger partial charge in [0.25, 0.3) is 0 Å². The lowest BCUT2D eigenvalue weighted by atomic mass is 9.83. The van der Waals surface area contributed by atoms with Gasteiger partial charge in [0.15, 0.2) is 5.13 Å². The molecule has 0 aromatic carbocycles. The maximum absolute atomic E-state index is 12.2. The molecule has 2 aromatic rings. The molecule has 0 saturated heterocycles. The number of hydrogen-bond acceptors (Lipinski definition) is 5. The molecule has 4 rings (SSSR count). The summed E-state index contributed by atoms with van der Waals surface area (Å²) in [5, 5.41) is 3.91. The van der Waals surface area contributed by atoms with Crippen molar-refractivity contribution in [1.29, 1.82) is 0 Å². The van der Waals surface area contributed by atoms with Crippen molar-refractivity contribution in [2.75, 3.05) is 18.8 Å². The first-order valence-corrected chi connectivity index (χ1v) is 13.0. The third-order valence-electron chi connectivity index (χ3n) is 7.01. The third-order valence-corrected chi connectivity index (χ3v) is 7.96. The number of thiazole rings is 1. The van der Waals surface area contributed by atoms with Gasteiger partial charge in [-0.05, 0) is 95.0 Å². The number of aryl methyl sites for hydroxylation is 1. The van der Waals surface area contributed by atoms with Gasteiger partial charge in [-0.3, -0.25) is 4.79 Å². The van der Waals surface area contributed by atoms with Gasteiger partial charge in [0.1, 0.15) is 0 Å². The van der Waals surface area contributed by atoms with Crippen LogP contribution in [0.5, 0.6) is 0 Å². The van der Waals surface area contributed by atoms with E-state index >= 15 is 0 Å². The number of nitrogens with zero attached hydrogens (tertiary/aromatic N) is 2. The normalized spacial score (nSPS) is 23.5. The van der Waals surface area contributed by atoms with Crippen molar-refractivity contribution >= 4 is 28.5 Å². The molecule has 7 heteroatoms. The molecular formula is C25H37N5OS. The van der Waals surface area contributed by atoms with E-state index in [0.717, 1.165) is 42.4 Å². The molecule has 1 saturated carbocycles. The number of nitrogens with two attached hydrogens (primary N) is 1. The predicted molar refractivity (Wildman–Crippen MR) is 133 cm³/mol. The fraction of sp³-hybridized carbons (Fsp3) is 0.600. The summed E-state index contributed by atoms with van der Waals surface area (Å²) in [5.74, 6) is 0.785. The lowest BCUT2D eigenvalue weighted by Crippen LogP contribution is -2.41. The highest BCUT2D eigenvalue weighted by Gasteiger charge is 2.28. The molecular weight excluding hydrogens is 418 g/mol. The highest BCUT2D eigenvalue weighted by Crippen LogP contribution is 2.32. The van der Waals surface area contributed by atoms with Crippen LogP contribution in [0.15, 0.2) is 24.4 Å². The minimum atomic E-state index is 0.0116. The Balaban J connectivity index is 1.20. The number of amides is 1. The van der Waals surface area contributed by atoms with Crippen molar-refractivity contribution < 1.29 is 4.79 Å². The third kappa shape index (κ3) is 6.23. The molecule has 0 aliphatic heterocycles. The highest BCUT2D eigenvalue weighted by molar-refractivity contribution is 7.15. The first-order valence-electron chi connectivity index (χ1n) is 12.2. The number of rotatable bonds is 9. The number of hydrogen-bond donors (Lipinski definition) is 3. The maximum atomic E-state index is 12.2. The summed E-state index contributed by atoms with van der Waals surface area (Å²) in [6, 6.07) is 4.83. The van der Waals surface area contributed by atoms with E-state index < -0.39 is 0 Å². The van der Waals surface area contributed by atoms with Crippen LogP contribution in [0.4, 0.5) is 5.13 Å². The standard InChI is InChI=1S/C25H37N5OS/c1-2-15-30(21-10-11-22-23(17-21)32-25(26)29-22)16-13-18-5-7-20(8-6-18)28-24(31)12-9-19-4-3-14-27-19/h3-4,9,12,14,18,20-21,27H,2,5-8,10-11,13,15-17H2,1H3,(H2,26,29)(H,28,31)/b12-9+. The second kappa shape index (κ2) is 11.1. The number of carbonyl (C=O) groups is 1. The summed E-state index contributed by atoms with van der Waals surface area (Å²) in [7, 11) is 0. The summed E-state index contributed by atoms with van der Waals surface area (Å²) < 4.78 is 0. The highest BCUT2D eigenvalue weighted by atomic mass is 32.1. The summed E-state index contributed by atoms with van der Waals surface area (Å²) >= 11 is 1.68. The minimum absolute atomic E-state index is 0.0116. The van der Waals surface area contributed by atoms with E-state index in [-0.39, 0.29) is 5.91 Å². The number of carbonyl (C=O) groups excluding carboxylic acids is 1. The smallest absolute Gasteiger partial charge is 0.244 e. The van der Waals surface area contributed by atoms with Crippen molar-refractivity contribution in [2.24, 2.45) is 5.92 Å². The van der Waals surface area contributed by atoms with Gasteiger partial charge in [-0.25, -0.2) is 4.98 Å². The van der Waals surface area contributed by atoms with Gasteiger partial charge in [0.05, 0.1) is 5.69 Å². The Morgan fingerprint density at radius 1 is 1.31 bits per heavy atom. The van der Waals surface area contributed by atoms with Crippen LogP contribution >= 0.6 is 11.3 Å². The Morgan fingerprint density at radius 3 is 2.91 bits per heavy atom. The molecule has 0 radical (unpaired) electrons. The number of anilines is 1. The molecule has 1 amide bonds. The molecule has 2 aliphatic rings. The Bertz CT molecular complexity index is 882. The SMILES string of the molecule is CCCN(CCC1CCC(NC(=O)/C=C/c2ccc[nH]2)CC1)C1CCc2nc(N)sc2C1. The number of H-pyrrole nitrogens is 1. The van der Waals surface area contributed by atoms with Crippen LogP contribution in [0.25, 0.3) is 6.08 Å².